The highest BCUT2D eigenvalue weighted by atomic mass is 32.2. The molecule has 0 saturated heterocycles. The predicted molar refractivity (Wildman–Crippen MR) is 141 cm³/mol. The highest BCUT2D eigenvalue weighted by Gasteiger charge is 2.26. The van der Waals surface area contributed by atoms with Gasteiger partial charge in [0, 0.05) is 21.9 Å². The van der Waals surface area contributed by atoms with Gasteiger partial charge in [-0.1, -0.05) is 36.4 Å². The lowest BCUT2D eigenvalue weighted by Crippen LogP contribution is -2.19. The molecule has 1 unspecified atom stereocenters. The van der Waals surface area contributed by atoms with Gasteiger partial charge < -0.3 is 15.7 Å². The molecule has 36 heavy (non-hydrogen) atoms. The summed E-state index contributed by atoms with van der Waals surface area (Å²) in [6.07, 6.45) is 3.59. The van der Waals surface area contributed by atoms with Gasteiger partial charge >= 0.3 is 5.97 Å². The van der Waals surface area contributed by atoms with Gasteiger partial charge in [-0.25, -0.2) is 0 Å². The molecule has 1 aromatic heterocycles. The number of carboxylic acids is 1. The van der Waals surface area contributed by atoms with Crippen LogP contribution in [-0.2, 0) is 27.2 Å². The summed E-state index contributed by atoms with van der Waals surface area (Å²) < 4.78 is 0. The summed E-state index contributed by atoms with van der Waals surface area (Å²) in [5.74, 6) is -1.64. The third-order valence-corrected chi connectivity index (χ3v) is 8.25. The molecule has 7 nitrogen and oxygen atoms in total. The quantitative estimate of drug-likeness (QED) is 0.309. The van der Waals surface area contributed by atoms with Crippen LogP contribution in [-0.4, -0.2) is 22.9 Å². The van der Waals surface area contributed by atoms with Crippen molar-refractivity contribution in [2.75, 3.05) is 10.6 Å². The lowest BCUT2D eigenvalue weighted by Gasteiger charge is -2.17. The molecule has 0 bridgehead atoms. The molecular formula is C27H25N3O4S2. The lowest BCUT2D eigenvalue weighted by molar-refractivity contribution is -0.138. The third-order valence-electron chi connectivity index (χ3n) is 5.80. The standard InChI is InChI=1S/C27H25N3O4S2/c28-16-21-20-11-4-5-12-22(20)36-27(21)30-26(34)25(17-7-2-1-3-8-17)35-19-10-6-9-18(15-19)29-23(31)13-14-24(32)33/h1-3,6-10,15,25H,4-5,11-14H2,(H,29,31)(H,30,34)(H,32,33). The molecule has 1 aliphatic carbocycles. The maximum Gasteiger partial charge on any atom is 0.303 e. The van der Waals surface area contributed by atoms with Crippen LogP contribution in [0.3, 0.4) is 0 Å². The Balaban J connectivity index is 1.55. The van der Waals surface area contributed by atoms with E-state index in [2.05, 4.69) is 16.7 Å². The van der Waals surface area contributed by atoms with Crippen molar-refractivity contribution >= 4 is 51.6 Å². The number of fused-ring (bicyclic) bond motifs is 1. The molecule has 2 amide bonds. The third kappa shape index (κ3) is 6.33. The van der Waals surface area contributed by atoms with Gasteiger partial charge in [0.15, 0.2) is 0 Å². The highest BCUT2D eigenvalue weighted by Crippen LogP contribution is 2.41. The predicted octanol–water partition coefficient (Wildman–Crippen LogP) is 5.77. The summed E-state index contributed by atoms with van der Waals surface area (Å²) in [4.78, 5) is 38.3. The first kappa shape index (κ1) is 25.5. The van der Waals surface area contributed by atoms with Gasteiger partial charge in [-0.3, -0.25) is 14.4 Å². The van der Waals surface area contributed by atoms with Gasteiger partial charge in [0.1, 0.15) is 16.3 Å². The number of benzene rings is 2. The van der Waals surface area contributed by atoms with Crippen molar-refractivity contribution in [1.29, 1.82) is 5.26 Å². The van der Waals surface area contributed by atoms with Crippen LogP contribution in [0.25, 0.3) is 0 Å². The minimum Gasteiger partial charge on any atom is -0.481 e. The number of carbonyl (C=O) groups is 3. The van der Waals surface area contributed by atoms with E-state index in [1.807, 2.05) is 36.4 Å². The zero-order chi connectivity index (χ0) is 25.5. The average Bonchev–Trinajstić information content (AvgIpc) is 3.23. The average molecular weight is 520 g/mol. The normalized spacial score (nSPS) is 13.2. The van der Waals surface area contributed by atoms with Gasteiger partial charge in [0.05, 0.1) is 12.0 Å². The summed E-state index contributed by atoms with van der Waals surface area (Å²) in [5.41, 5.74) is 2.99. The van der Waals surface area contributed by atoms with E-state index < -0.39 is 11.2 Å². The van der Waals surface area contributed by atoms with Crippen molar-refractivity contribution in [3.8, 4) is 6.07 Å². The highest BCUT2D eigenvalue weighted by molar-refractivity contribution is 8.00. The Labute approximate surface area is 217 Å². The van der Waals surface area contributed by atoms with E-state index in [-0.39, 0.29) is 24.7 Å². The van der Waals surface area contributed by atoms with E-state index in [4.69, 9.17) is 5.11 Å². The molecule has 1 aliphatic rings. The van der Waals surface area contributed by atoms with Gasteiger partial charge in [-0.2, -0.15) is 5.26 Å². The summed E-state index contributed by atoms with van der Waals surface area (Å²) in [6.45, 7) is 0. The van der Waals surface area contributed by atoms with E-state index in [9.17, 15) is 19.6 Å². The fraction of sp³-hybridized carbons (Fsp3) is 0.259. The number of nitriles is 1. The number of amides is 2. The molecule has 0 spiro atoms. The van der Waals surface area contributed by atoms with Gasteiger partial charge in [0.2, 0.25) is 11.8 Å². The molecule has 0 fully saturated rings. The topological polar surface area (TPSA) is 119 Å². The molecule has 9 heteroatoms. The van der Waals surface area contributed by atoms with Crippen LogP contribution in [0, 0.1) is 11.3 Å². The summed E-state index contributed by atoms with van der Waals surface area (Å²) >= 11 is 2.84. The van der Waals surface area contributed by atoms with Gasteiger partial charge in [0.25, 0.3) is 0 Å². The molecule has 2 aromatic carbocycles. The fourth-order valence-corrected chi connectivity index (χ4v) is 6.40. The van der Waals surface area contributed by atoms with Crippen LogP contribution in [0.4, 0.5) is 10.7 Å². The summed E-state index contributed by atoms with van der Waals surface area (Å²) in [5, 5.41) is 24.3. The van der Waals surface area contributed by atoms with Crippen LogP contribution in [0.15, 0.2) is 59.5 Å². The second-order valence-electron chi connectivity index (χ2n) is 8.39. The van der Waals surface area contributed by atoms with Crippen LogP contribution < -0.4 is 10.6 Å². The number of aryl methyl sites for hydroxylation is 1. The number of thioether (sulfide) groups is 1. The van der Waals surface area contributed by atoms with Crippen LogP contribution >= 0.6 is 23.1 Å². The van der Waals surface area contributed by atoms with Crippen LogP contribution in [0.5, 0.6) is 0 Å². The lowest BCUT2D eigenvalue weighted by atomic mass is 9.96. The van der Waals surface area contributed by atoms with Gasteiger partial charge in [-0.15, -0.1) is 23.1 Å². The number of carboxylic acid groups (broad SMARTS) is 1. The minimum atomic E-state index is -1.03. The number of carbonyl (C=O) groups excluding carboxylic acids is 2. The maximum atomic E-state index is 13.6. The van der Waals surface area contributed by atoms with E-state index in [0.29, 0.717) is 16.3 Å². The second-order valence-corrected chi connectivity index (χ2v) is 10.7. The molecule has 0 saturated carbocycles. The summed E-state index contributed by atoms with van der Waals surface area (Å²) in [6, 6.07) is 18.8. The molecule has 1 heterocycles. The van der Waals surface area contributed by atoms with Crippen molar-refractivity contribution in [2.45, 2.75) is 48.7 Å². The fourth-order valence-electron chi connectivity index (χ4n) is 4.08. The number of nitrogens with zero attached hydrogens (tertiary/aromatic N) is 1. The number of anilines is 2. The van der Waals surface area contributed by atoms with E-state index in [1.54, 1.807) is 18.2 Å². The molecule has 4 rings (SSSR count). The summed E-state index contributed by atoms with van der Waals surface area (Å²) in [7, 11) is 0. The Kier molecular flexibility index (Phi) is 8.41. The number of hydrogen-bond donors (Lipinski definition) is 3. The van der Waals surface area contributed by atoms with Gasteiger partial charge in [-0.05, 0) is 55.0 Å². The van der Waals surface area contributed by atoms with Crippen molar-refractivity contribution in [1.82, 2.24) is 0 Å². The zero-order valence-corrected chi connectivity index (χ0v) is 21.1. The van der Waals surface area contributed by atoms with Crippen molar-refractivity contribution in [3.05, 3.63) is 76.2 Å². The Morgan fingerprint density at radius 1 is 1.03 bits per heavy atom. The first-order valence-electron chi connectivity index (χ1n) is 11.6. The largest absolute Gasteiger partial charge is 0.481 e. The van der Waals surface area contributed by atoms with Crippen molar-refractivity contribution in [2.24, 2.45) is 0 Å². The molecule has 1 atom stereocenters. The second kappa shape index (κ2) is 11.9. The number of hydrogen-bond acceptors (Lipinski definition) is 6. The van der Waals surface area contributed by atoms with E-state index in [0.717, 1.165) is 41.7 Å². The van der Waals surface area contributed by atoms with Crippen LogP contribution in [0.2, 0.25) is 0 Å². The van der Waals surface area contributed by atoms with Crippen molar-refractivity contribution in [3.63, 3.8) is 0 Å². The molecule has 0 aliphatic heterocycles. The molecule has 3 aromatic rings. The SMILES string of the molecule is N#Cc1c(NC(=O)C(Sc2cccc(NC(=O)CCC(=O)O)c2)c2ccccc2)sc2c1CCCC2. The number of nitrogens with one attached hydrogen (secondary N) is 2. The first-order chi connectivity index (χ1) is 17.4. The molecule has 0 radical (unpaired) electrons. The Morgan fingerprint density at radius 2 is 1.81 bits per heavy atom. The molecule has 3 N–H and O–H groups in total. The molecule has 184 valence electrons. The zero-order valence-electron chi connectivity index (χ0n) is 19.5. The first-order valence-corrected chi connectivity index (χ1v) is 13.3. The van der Waals surface area contributed by atoms with Crippen molar-refractivity contribution < 1.29 is 19.5 Å². The molecular weight excluding hydrogens is 494 g/mol. The van der Waals surface area contributed by atoms with E-state index in [1.165, 1.54) is 28.0 Å². The number of aliphatic carboxylic acids is 1. The smallest absolute Gasteiger partial charge is 0.303 e. The maximum absolute atomic E-state index is 13.6. The van der Waals surface area contributed by atoms with E-state index >= 15 is 0 Å². The monoisotopic (exact) mass is 519 g/mol. The Bertz CT molecular complexity index is 1310. The number of thiophene rings is 1. The minimum absolute atomic E-state index is 0.117. The Morgan fingerprint density at radius 3 is 2.56 bits per heavy atom. The van der Waals surface area contributed by atoms with Crippen LogP contribution in [0.1, 0.15) is 52.5 Å². The Hall–Kier alpha value is -3.61. The number of rotatable bonds is 9.